The highest BCUT2D eigenvalue weighted by Crippen LogP contribution is 2.06. The minimum atomic E-state index is 0.337. The summed E-state index contributed by atoms with van der Waals surface area (Å²) < 4.78 is 11.2. The third kappa shape index (κ3) is 7.85. The van der Waals surface area contributed by atoms with E-state index in [0.717, 1.165) is 11.8 Å². The molecule has 1 rings (SSSR count). The van der Waals surface area contributed by atoms with Gasteiger partial charge in [-0.1, -0.05) is 52.7 Å². The van der Waals surface area contributed by atoms with Crippen LogP contribution < -0.4 is 0 Å². The second-order valence-corrected chi connectivity index (χ2v) is 5.20. The molecule has 0 aromatic heterocycles. The fraction of sp³-hybridized carbons (Fsp3) is 0.600. The van der Waals surface area contributed by atoms with Gasteiger partial charge in [-0.15, -0.1) is 0 Å². The Kier molecular flexibility index (Phi) is 9.17. The molecule has 0 fully saturated rings. The van der Waals surface area contributed by atoms with E-state index in [9.17, 15) is 0 Å². The summed E-state index contributed by atoms with van der Waals surface area (Å²) in [5, 5.41) is 1.08. The average Bonchev–Trinajstić information content (AvgIpc) is 2.40. The first-order valence-electron chi connectivity index (χ1n) is 6.62. The standard InChI is InChI=1S/C15H23BrO2/c1-14(7-5-6-10-16)18-12-11-17-13-15-8-3-2-4-9-15/h2-4,8-9,14H,5-7,10-13H2,1H3. The average molecular weight is 315 g/mol. The minimum Gasteiger partial charge on any atom is -0.376 e. The molecule has 0 aliphatic rings. The molecule has 2 nitrogen and oxygen atoms in total. The van der Waals surface area contributed by atoms with Gasteiger partial charge in [-0.3, -0.25) is 0 Å². The van der Waals surface area contributed by atoms with Crippen molar-refractivity contribution in [3.8, 4) is 0 Å². The van der Waals surface area contributed by atoms with Gasteiger partial charge in [0.15, 0.2) is 0 Å². The number of benzene rings is 1. The predicted octanol–water partition coefficient (Wildman–Crippen LogP) is 4.17. The maximum Gasteiger partial charge on any atom is 0.0718 e. The topological polar surface area (TPSA) is 18.5 Å². The van der Waals surface area contributed by atoms with Crippen LogP contribution in [0.3, 0.4) is 0 Å². The first kappa shape index (κ1) is 15.7. The van der Waals surface area contributed by atoms with Crippen molar-refractivity contribution in [2.24, 2.45) is 0 Å². The minimum absolute atomic E-state index is 0.337. The molecule has 0 amide bonds. The Morgan fingerprint density at radius 1 is 1.11 bits per heavy atom. The zero-order chi connectivity index (χ0) is 13.1. The summed E-state index contributed by atoms with van der Waals surface area (Å²) in [6.45, 7) is 4.15. The lowest BCUT2D eigenvalue weighted by molar-refractivity contribution is 0.00391. The number of unbranched alkanes of at least 4 members (excludes halogenated alkanes) is 1. The Morgan fingerprint density at radius 2 is 1.89 bits per heavy atom. The van der Waals surface area contributed by atoms with Crippen molar-refractivity contribution in [1.29, 1.82) is 0 Å². The molecule has 0 saturated heterocycles. The summed E-state index contributed by atoms with van der Waals surface area (Å²) in [6, 6.07) is 10.2. The van der Waals surface area contributed by atoms with Gasteiger partial charge < -0.3 is 9.47 Å². The van der Waals surface area contributed by atoms with Crippen LogP contribution in [-0.2, 0) is 16.1 Å². The lowest BCUT2D eigenvalue weighted by Crippen LogP contribution is -2.13. The molecular weight excluding hydrogens is 292 g/mol. The zero-order valence-corrected chi connectivity index (χ0v) is 12.7. The van der Waals surface area contributed by atoms with E-state index in [1.165, 1.54) is 18.4 Å². The van der Waals surface area contributed by atoms with Gasteiger partial charge in [0.25, 0.3) is 0 Å². The fourth-order valence-corrected chi connectivity index (χ4v) is 2.08. The maximum atomic E-state index is 5.69. The third-order valence-corrected chi connectivity index (χ3v) is 3.30. The van der Waals surface area contributed by atoms with Crippen molar-refractivity contribution in [3.05, 3.63) is 35.9 Å². The van der Waals surface area contributed by atoms with E-state index in [-0.39, 0.29) is 0 Å². The molecule has 0 bridgehead atoms. The highest BCUT2D eigenvalue weighted by molar-refractivity contribution is 9.09. The smallest absolute Gasteiger partial charge is 0.0718 e. The second kappa shape index (κ2) is 10.5. The number of alkyl halides is 1. The van der Waals surface area contributed by atoms with Crippen LogP contribution in [0.15, 0.2) is 30.3 Å². The van der Waals surface area contributed by atoms with Gasteiger partial charge in [0.2, 0.25) is 0 Å². The molecule has 0 radical (unpaired) electrons. The monoisotopic (exact) mass is 314 g/mol. The summed E-state index contributed by atoms with van der Waals surface area (Å²) >= 11 is 3.43. The molecule has 1 atom stereocenters. The van der Waals surface area contributed by atoms with E-state index in [4.69, 9.17) is 9.47 Å². The Bertz CT molecular complexity index is 290. The second-order valence-electron chi connectivity index (χ2n) is 4.40. The highest BCUT2D eigenvalue weighted by atomic mass is 79.9. The molecule has 3 heteroatoms. The zero-order valence-electron chi connectivity index (χ0n) is 11.1. The van der Waals surface area contributed by atoms with E-state index >= 15 is 0 Å². The molecule has 0 aliphatic carbocycles. The van der Waals surface area contributed by atoms with Gasteiger partial charge in [-0.25, -0.2) is 0 Å². The predicted molar refractivity (Wildman–Crippen MR) is 79.2 cm³/mol. The van der Waals surface area contributed by atoms with Crippen molar-refractivity contribution in [2.45, 2.75) is 38.9 Å². The summed E-state index contributed by atoms with van der Waals surface area (Å²) in [5.74, 6) is 0. The molecule has 18 heavy (non-hydrogen) atoms. The summed E-state index contributed by atoms with van der Waals surface area (Å²) in [4.78, 5) is 0. The Balaban J connectivity index is 1.95. The van der Waals surface area contributed by atoms with Crippen molar-refractivity contribution in [3.63, 3.8) is 0 Å². The van der Waals surface area contributed by atoms with Crippen LogP contribution in [-0.4, -0.2) is 24.6 Å². The van der Waals surface area contributed by atoms with Gasteiger partial charge in [0.1, 0.15) is 0 Å². The normalized spacial score (nSPS) is 12.6. The summed E-state index contributed by atoms with van der Waals surface area (Å²) in [5.41, 5.74) is 1.21. The molecule has 1 aromatic carbocycles. The van der Waals surface area contributed by atoms with Crippen LogP contribution >= 0.6 is 15.9 Å². The van der Waals surface area contributed by atoms with Gasteiger partial charge in [0, 0.05) is 5.33 Å². The van der Waals surface area contributed by atoms with Crippen molar-refractivity contribution >= 4 is 15.9 Å². The third-order valence-electron chi connectivity index (χ3n) is 2.74. The molecule has 102 valence electrons. The summed E-state index contributed by atoms with van der Waals surface area (Å²) in [7, 11) is 0. The lowest BCUT2D eigenvalue weighted by atomic mass is 10.2. The van der Waals surface area contributed by atoms with Crippen LogP contribution in [0, 0.1) is 0 Å². The van der Waals surface area contributed by atoms with Crippen LogP contribution in [0.1, 0.15) is 31.7 Å². The maximum absolute atomic E-state index is 5.69. The Hall–Kier alpha value is -0.380. The molecule has 1 aromatic rings. The molecule has 0 N–H and O–H groups in total. The number of halogens is 1. The molecule has 0 saturated carbocycles. The number of ether oxygens (including phenoxy) is 2. The van der Waals surface area contributed by atoms with Gasteiger partial charge in [-0.05, 0) is 25.3 Å². The van der Waals surface area contributed by atoms with Crippen molar-refractivity contribution < 1.29 is 9.47 Å². The van der Waals surface area contributed by atoms with Gasteiger partial charge in [-0.2, -0.15) is 0 Å². The van der Waals surface area contributed by atoms with Gasteiger partial charge >= 0.3 is 0 Å². The molecular formula is C15H23BrO2. The SMILES string of the molecule is CC(CCCCBr)OCCOCc1ccccc1. The molecule has 1 unspecified atom stereocenters. The van der Waals surface area contributed by atoms with Crippen LogP contribution in [0.5, 0.6) is 0 Å². The van der Waals surface area contributed by atoms with E-state index < -0.39 is 0 Å². The first-order chi connectivity index (χ1) is 8.83. The number of hydrogen-bond acceptors (Lipinski definition) is 2. The molecule has 0 aliphatic heterocycles. The Labute approximate surface area is 119 Å². The summed E-state index contributed by atoms with van der Waals surface area (Å²) in [6.07, 6.45) is 3.91. The van der Waals surface area contributed by atoms with Gasteiger partial charge in [0.05, 0.1) is 25.9 Å². The molecule has 0 heterocycles. The fourth-order valence-electron chi connectivity index (χ4n) is 1.68. The van der Waals surface area contributed by atoms with E-state index in [2.05, 4.69) is 35.0 Å². The largest absolute Gasteiger partial charge is 0.376 e. The lowest BCUT2D eigenvalue weighted by Gasteiger charge is -2.12. The first-order valence-corrected chi connectivity index (χ1v) is 7.74. The van der Waals surface area contributed by atoms with E-state index in [0.29, 0.717) is 25.9 Å². The van der Waals surface area contributed by atoms with Crippen LogP contribution in [0.4, 0.5) is 0 Å². The van der Waals surface area contributed by atoms with Crippen molar-refractivity contribution in [1.82, 2.24) is 0 Å². The van der Waals surface area contributed by atoms with E-state index in [1.54, 1.807) is 0 Å². The van der Waals surface area contributed by atoms with E-state index in [1.807, 2.05) is 18.2 Å². The van der Waals surface area contributed by atoms with Crippen LogP contribution in [0.25, 0.3) is 0 Å². The highest BCUT2D eigenvalue weighted by Gasteiger charge is 2.01. The number of rotatable bonds is 10. The van der Waals surface area contributed by atoms with Crippen LogP contribution in [0.2, 0.25) is 0 Å². The quantitative estimate of drug-likeness (QED) is 0.476. The Morgan fingerprint density at radius 3 is 2.61 bits per heavy atom. The van der Waals surface area contributed by atoms with Crippen molar-refractivity contribution in [2.75, 3.05) is 18.5 Å². The number of hydrogen-bond donors (Lipinski definition) is 0. The molecule has 0 spiro atoms.